The van der Waals surface area contributed by atoms with Crippen molar-refractivity contribution in [3.05, 3.63) is 16.6 Å². The Bertz CT molecular complexity index is 415. The summed E-state index contributed by atoms with van der Waals surface area (Å²) in [4.78, 5) is 15.3. The summed E-state index contributed by atoms with van der Waals surface area (Å²) in [5.74, 6) is -1.15. The van der Waals surface area contributed by atoms with Crippen molar-refractivity contribution in [2.45, 2.75) is 38.7 Å². The molecule has 1 aliphatic carbocycles. The molecule has 0 saturated heterocycles. The highest BCUT2D eigenvalue weighted by atomic mass is 32.1. The lowest BCUT2D eigenvalue weighted by Gasteiger charge is -2.44. The van der Waals surface area contributed by atoms with E-state index in [0.717, 1.165) is 0 Å². The zero-order chi connectivity index (χ0) is 12.7. The second-order valence-corrected chi connectivity index (χ2v) is 6.36. The van der Waals surface area contributed by atoms with Gasteiger partial charge in [-0.2, -0.15) is 0 Å². The normalized spacial score (nSPS) is 32.3. The third kappa shape index (κ3) is 2.21. The first-order valence-corrected chi connectivity index (χ1v) is 6.58. The highest BCUT2D eigenvalue weighted by Crippen LogP contribution is 2.49. The van der Waals surface area contributed by atoms with Gasteiger partial charge < -0.3 is 10.2 Å². The third-order valence-corrected chi connectivity index (χ3v) is 4.63. The summed E-state index contributed by atoms with van der Waals surface area (Å²) < 4.78 is 0. The van der Waals surface area contributed by atoms with Gasteiger partial charge in [-0.1, -0.05) is 13.8 Å². The molecule has 0 bridgehead atoms. The Hall–Kier alpha value is -0.940. The zero-order valence-corrected chi connectivity index (χ0v) is 10.8. The Kier molecular flexibility index (Phi) is 2.99. The van der Waals surface area contributed by atoms with Crippen molar-refractivity contribution in [3.63, 3.8) is 0 Å². The van der Waals surface area contributed by atoms with Crippen molar-refractivity contribution in [1.82, 2.24) is 4.98 Å². The average Bonchev–Trinajstić information content (AvgIpc) is 2.67. The van der Waals surface area contributed by atoms with E-state index in [4.69, 9.17) is 0 Å². The number of carboxylic acids is 1. The van der Waals surface area contributed by atoms with Crippen molar-refractivity contribution >= 4 is 17.3 Å². The summed E-state index contributed by atoms with van der Waals surface area (Å²) in [7, 11) is 0. The maximum atomic E-state index is 11.2. The molecule has 1 heterocycles. The molecule has 2 atom stereocenters. The van der Waals surface area contributed by atoms with E-state index in [1.807, 2.05) is 19.2 Å². The second-order valence-electron chi connectivity index (χ2n) is 5.46. The number of nitrogens with zero attached hydrogens (tertiary/aromatic N) is 1. The van der Waals surface area contributed by atoms with E-state index in [9.17, 15) is 15.0 Å². The van der Waals surface area contributed by atoms with E-state index in [2.05, 4.69) is 4.98 Å². The van der Waals surface area contributed by atoms with Crippen molar-refractivity contribution in [2.75, 3.05) is 0 Å². The fraction of sp³-hybridized carbons (Fsp3) is 0.667. The van der Waals surface area contributed by atoms with Crippen molar-refractivity contribution in [2.24, 2.45) is 11.3 Å². The SMILES string of the molecule is CC1(C)C[C@@](O)(c2nccs2)CC[C@@H]1C(=O)O. The molecule has 2 rings (SSSR count). The number of aliphatic carboxylic acids is 1. The monoisotopic (exact) mass is 255 g/mol. The molecule has 4 nitrogen and oxygen atoms in total. The average molecular weight is 255 g/mol. The molecule has 1 aromatic heterocycles. The Morgan fingerprint density at radius 1 is 1.59 bits per heavy atom. The van der Waals surface area contributed by atoms with Gasteiger partial charge in [0.25, 0.3) is 0 Å². The van der Waals surface area contributed by atoms with Gasteiger partial charge in [0, 0.05) is 11.6 Å². The fourth-order valence-corrected chi connectivity index (χ4v) is 3.60. The van der Waals surface area contributed by atoms with E-state index >= 15 is 0 Å². The first kappa shape index (κ1) is 12.5. The number of hydrogen-bond acceptors (Lipinski definition) is 4. The van der Waals surface area contributed by atoms with Crippen LogP contribution in [-0.4, -0.2) is 21.2 Å². The van der Waals surface area contributed by atoms with Gasteiger partial charge in [-0.05, 0) is 24.7 Å². The first-order chi connectivity index (χ1) is 7.85. The molecule has 1 aromatic rings. The second kappa shape index (κ2) is 4.07. The maximum Gasteiger partial charge on any atom is 0.307 e. The summed E-state index contributed by atoms with van der Waals surface area (Å²) >= 11 is 1.43. The van der Waals surface area contributed by atoms with Gasteiger partial charge in [0.15, 0.2) is 0 Å². The Morgan fingerprint density at radius 2 is 2.29 bits per heavy atom. The van der Waals surface area contributed by atoms with Crippen LogP contribution in [0.5, 0.6) is 0 Å². The highest BCUT2D eigenvalue weighted by molar-refractivity contribution is 7.09. The minimum absolute atomic E-state index is 0.386. The number of rotatable bonds is 2. The lowest BCUT2D eigenvalue weighted by atomic mass is 9.63. The fourth-order valence-electron chi connectivity index (χ4n) is 2.83. The van der Waals surface area contributed by atoms with Crippen LogP contribution in [0.2, 0.25) is 0 Å². The van der Waals surface area contributed by atoms with Gasteiger partial charge >= 0.3 is 5.97 Å². The number of hydrogen-bond donors (Lipinski definition) is 2. The van der Waals surface area contributed by atoms with Crippen LogP contribution in [0.4, 0.5) is 0 Å². The van der Waals surface area contributed by atoms with Crippen molar-refractivity contribution < 1.29 is 15.0 Å². The standard InChI is InChI=1S/C12H17NO3S/c1-11(2)7-12(16,10-13-5-6-17-10)4-3-8(11)9(14)15/h5-6,8,16H,3-4,7H2,1-2H3,(H,14,15)/t8-,12-/m1/s1. The molecule has 5 heteroatoms. The molecule has 1 saturated carbocycles. The lowest BCUT2D eigenvalue weighted by Crippen LogP contribution is -2.44. The molecule has 1 aliphatic rings. The lowest BCUT2D eigenvalue weighted by molar-refractivity contribution is -0.154. The van der Waals surface area contributed by atoms with Crippen LogP contribution < -0.4 is 0 Å². The molecule has 0 amide bonds. The van der Waals surface area contributed by atoms with Crippen LogP contribution in [0.25, 0.3) is 0 Å². The zero-order valence-electron chi connectivity index (χ0n) is 10.0. The van der Waals surface area contributed by atoms with Crippen molar-refractivity contribution in [1.29, 1.82) is 0 Å². The molecule has 0 spiro atoms. The molecule has 17 heavy (non-hydrogen) atoms. The largest absolute Gasteiger partial charge is 0.481 e. The van der Waals surface area contributed by atoms with E-state index in [1.165, 1.54) is 11.3 Å². The van der Waals surface area contributed by atoms with Crippen molar-refractivity contribution in [3.8, 4) is 0 Å². The summed E-state index contributed by atoms with van der Waals surface area (Å²) in [6.45, 7) is 3.81. The smallest absolute Gasteiger partial charge is 0.307 e. The molecule has 0 radical (unpaired) electrons. The van der Waals surface area contributed by atoms with Gasteiger partial charge in [-0.3, -0.25) is 4.79 Å². The minimum Gasteiger partial charge on any atom is -0.481 e. The Labute approximate surface area is 104 Å². The number of carbonyl (C=O) groups is 1. The first-order valence-electron chi connectivity index (χ1n) is 5.70. The molecule has 0 aliphatic heterocycles. The summed E-state index contributed by atoms with van der Waals surface area (Å²) in [5.41, 5.74) is -1.37. The molecule has 0 aromatic carbocycles. The van der Waals surface area contributed by atoms with E-state index < -0.39 is 17.0 Å². The number of aromatic nitrogens is 1. The van der Waals surface area contributed by atoms with Crippen LogP contribution in [0.3, 0.4) is 0 Å². The van der Waals surface area contributed by atoms with Crippen LogP contribution in [-0.2, 0) is 10.4 Å². The number of thiazole rings is 1. The van der Waals surface area contributed by atoms with E-state index in [0.29, 0.717) is 24.3 Å². The van der Waals surface area contributed by atoms with Gasteiger partial charge in [0.2, 0.25) is 0 Å². The van der Waals surface area contributed by atoms with Gasteiger partial charge in [-0.15, -0.1) is 11.3 Å². The summed E-state index contributed by atoms with van der Waals surface area (Å²) in [6.07, 6.45) is 3.10. The quantitative estimate of drug-likeness (QED) is 0.850. The van der Waals surface area contributed by atoms with Crippen LogP contribution in [0.15, 0.2) is 11.6 Å². The number of aliphatic hydroxyl groups is 1. The van der Waals surface area contributed by atoms with E-state index in [1.54, 1.807) is 6.20 Å². The predicted molar refractivity (Wildman–Crippen MR) is 64.8 cm³/mol. The Morgan fingerprint density at radius 3 is 2.76 bits per heavy atom. The topological polar surface area (TPSA) is 70.4 Å². The van der Waals surface area contributed by atoms with Gasteiger partial charge in [0.05, 0.1) is 5.92 Å². The van der Waals surface area contributed by atoms with Gasteiger partial charge in [0.1, 0.15) is 10.6 Å². The summed E-state index contributed by atoms with van der Waals surface area (Å²) in [6, 6.07) is 0. The number of carboxylic acid groups (broad SMARTS) is 1. The summed E-state index contributed by atoms with van der Waals surface area (Å²) in [5, 5.41) is 22.3. The molecular weight excluding hydrogens is 238 g/mol. The minimum atomic E-state index is -0.955. The molecular formula is C12H17NO3S. The maximum absolute atomic E-state index is 11.2. The predicted octanol–water partition coefficient (Wildman–Crippen LogP) is 2.24. The van der Waals surface area contributed by atoms with Crippen LogP contribution in [0, 0.1) is 11.3 Å². The van der Waals surface area contributed by atoms with E-state index in [-0.39, 0.29) is 5.92 Å². The van der Waals surface area contributed by atoms with Crippen LogP contribution >= 0.6 is 11.3 Å². The molecule has 2 N–H and O–H groups in total. The Balaban J connectivity index is 2.25. The van der Waals surface area contributed by atoms with Crippen LogP contribution in [0.1, 0.15) is 38.1 Å². The molecule has 0 unspecified atom stereocenters. The third-order valence-electron chi connectivity index (χ3n) is 3.67. The molecule has 94 valence electrons. The van der Waals surface area contributed by atoms with Gasteiger partial charge in [-0.25, -0.2) is 4.98 Å². The highest BCUT2D eigenvalue weighted by Gasteiger charge is 2.48. The molecule has 1 fully saturated rings.